The van der Waals surface area contributed by atoms with Crippen LogP contribution < -0.4 is 4.74 Å². The van der Waals surface area contributed by atoms with Crippen molar-refractivity contribution in [3.8, 4) is 6.01 Å². The van der Waals surface area contributed by atoms with Gasteiger partial charge in [-0.25, -0.2) is 9.97 Å². The molecule has 0 N–H and O–H groups in total. The summed E-state index contributed by atoms with van der Waals surface area (Å²) in [7, 11) is 0. The van der Waals surface area contributed by atoms with E-state index >= 15 is 0 Å². The highest BCUT2D eigenvalue weighted by molar-refractivity contribution is 5.10. The molecule has 6 nitrogen and oxygen atoms in total. The average Bonchev–Trinajstić information content (AvgIpc) is 2.94. The standard InChI is InChI=1S/C18H24N4O2/c1-14-4-7-19-18(20-14)24-17-12-21-8-2-3-16(21)11-22(13-17)15-5-9-23-10-6-15/h2-4,7-8,15,17H,5-6,9-13H2,1H3/t17-/m0/s1. The number of aromatic nitrogens is 3. The first kappa shape index (κ1) is 15.6. The summed E-state index contributed by atoms with van der Waals surface area (Å²) in [5, 5.41) is 0. The Labute approximate surface area is 142 Å². The minimum absolute atomic E-state index is 0.0447. The van der Waals surface area contributed by atoms with Crippen molar-refractivity contribution in [2.24, 2.45) is 0 Å². The average molecular weight is 328 g/mol. The van der Waals surface area contributed by atoms with Gasteiger partial charge in [0.25, 0.3) is 0 Å². The van der Waals surface area contributed by atoms with Gasteiger partial charge in [0.15, 0.2) is 0 Å². The van der Waals surface area contributed by atoms with Crippen molar-refractivity contribution in [3.63, 3.8) is 0 Å². The van der Waals surface area contributed by atoms with Crippen molar-refractivity contribution in [1.82, 2.24) is 19.4 Å². The normalized spacial score (nSPS) is 22.8. The molecule has 0 aromatic carbocycles. The molecule has 128 valence electrons. The Balaban J connectivity index is 1.54. The Morgan fingerprint density at radius 1 is 1.21 bits per heavy atom. The van der Waals surface area contributed by atoms with Gasteiger partial charge in [-0.3, -0.25) is 4.90 Å². The first-order chi connectivity index (χ1) is 11.8. The molecule has 2 aliphatic heterocycles. The number of hydrogen-bond acceptors (Lipinski definition) is 5. The van der Waals surface area contributed by atoms with Crippen LogP contribution in [0.1, 0.15) is 24.2 Å². The van der Waals surface area contributed by atoms with Gasteiger partial charge in [-0.15, -0.1) is 0 Å². The maximum absolute atomic E-state index is 6.15. The molecule has 2 aromatic rings. The molecular weight excluding hydrogens is 304 g/mol. The maximum Gasteiger partial charge on any atom is 0.316 e. The van der Waals surface area contributed by atoms with Crippen LogP contribution in [0.5, 0.6) is 6.01 Å². The monoisotopic (exact) mass is 328 g/mol. The fourth-order valence-electron chi connectivity index (χ4n) is 3.62. The first-order valence-electron chi connectivity index (χ1n) is 8.70. The smallest absolute Gasteiger partial charge is 0.316 e. The van der Waals surface area contributed by atoms with E-state index < -0.39 is 0 Å². The predicted octanol–water partition coefficient (Wildman–Crippen LogP) is 2.03. The summed E-state index contributed by atoms with van der Waals surface area (Å²) in [5.41, 5.74) is 2.27. The van der Waals surface area contributed by atoms with Crippen molar-refractivity contribution in [2.75, 3.05) is 19.8 Å². The van der Waals surface area contributed by atoms with Gasteiger partial charge in [0.2, 0.25) is 0 Å². The van der Waals surface area contributed by atoms with Crippen LogP contribution in [0, 0.1) is 6.92 Å². The minimum atomic E-state index is 0.0447. The molecule has 24 heavy (non-hydrogen) atoms. The molecule has 0 saturated carbocycles. The highest BCUT2D eigenvalue weighted by atomic mass is 16.5. The SMILES string of the molecule is Cc1ccnc(O[C@@H]2CN(C3CCOCC3)Cc3cccn3C2)n1. The summed E-state index contributed by atoms with van der Waals surface area (Å²) in [5.74, 6) is 0. The van der Waals surface area contributed by atoms with Crippen molar-refractivity contribution in [1.29, 1.82) is 0 Å². The minimum Gasteiger partial charge on any atom is -0.457 e. The van der Waals surface area contributed by atoms with E-state index in [0.717, 1.165) is 51.4 Å². The molecule has 2 aromatic heterocycles. The van der Waals surface area contributed by atoms with Crippen LogP contribution in [-0.2, 0) is 17.8 Å². The van der Waals surface area contributed by atoms with Gasteiger partial charge < -0.3 is 14.0 Å². The summed E-state index contributed by atoms with van der Waals surface area (Å²) in [6, 6.07) is 7.24. The largest absolute Gasteiger partial charge is 0.457 e. The fraction of sp³-hybridized carbons (Fsp3) is 0.556. The molecule has 4 heterocycles. The van der Waals surface area contributed by atoms with E-state index in [1.165, 1.54) is 5.69 Å². The summed E-state index contributed by atoms with van der Waals surface area (Å²) < 4.78 is 14.0. The quantitative estimate of drug-likeness (QED) is 0.863. The Kier molecular flexibility index (Phi) is 4.49. The highest BCUT2D eigenvalue weighted by Gasteiger charge is 2.29. The maximum atomic E-state index is 6.15. The second-order valence-corrected chi connectivity index (χ2v) is 6.65. The van der Waals surface area contributed by atoms with Crippen LogP contribution in [0.3, 0.4) is 0 Å². The van der Waals surface area contributed by atoms with Crippen LogP contribution in [-0.4, -0.2) is 51.3 Å². The zero-order valence-electron chi connectivity index (χ0n) is 14.1. The van der Waals surface area contributed by atoms with Crippen LogP contribution in [0.15, 0.2) is 30.6 Å². The lowest BCUT2D eigenvalue weighted by Gasteiger charge is -2.34. The Morgan fingerprint density at radius 2 is 2.08 bits per heavy atom. The second-order valence-electron chi connectivity index (χ2n) is 6.65. The van der Waals surface area contributed by atoms with Crippen LogP contribution in [0.4, 0.5) is 0 Å². The lowest BCUT2D eigenvalue weighted by atomic mass is 10.1. The van der Waals surface area contributed by atoms with Gasteiger partial charge in [0.05, 0.1) is 6.54 Å². The molecule has 6 heteroatoms. The van der Waals surface area contributed by atoms with Gasteiger partial charge in [-0.05, 0) is 38.0 Å². The number of hydrogen-bond donors (Lipinski definition) is 0. The third kappa shape index (κ3) is 3.44. The molecule has 0 bridgehead atoms. The molecule has 0 spiro atoms. The number of nitrogens with zero attached hydrogens (tertiary/aromatic N) is 4. The number of aryl methyl sites for hydroxylation is 1. The molecule has 0 aliphatic carbocycles. The van der Waals surface area contributed by atoms with Crippen LogP contribution in [0.2, 0.25) is 0 Å². The molecule has 1 saturated heterocycles. The molecule has 0 radical (unpaired) electrons. The molecular formula is C18H24N4O2. The van der Waals surface area contributed by atoms with Gasteiger partial charge in [0.1, 0.15) is 6.10 Å². The van der Waals surface area contributed by atoms with Gasteiger partial charge in [-0.2, -0.15) is 0 Å². The second kappa shape index (κ2) is 6.91. The third-order valence-corrected chi connectivity index (χ3v) is 4.88. The molecule has 1 fully saturated rings. The summed E-state index contributed by atoms with van der Waals surface area (Å²) in [4.78, 5) is 11.2. The number of rotatable bonds is 3. The van der Waals surface area contributed by atoms with Gasteiger partial charge in [-0.1, -0.05) is 0 Å². The Morgan fingerprint density at radius 3 is 2.92 bits per heavy atom. The zero-order valence-corrected chi connectivity index (χ0v) is 14.1. The first-order valence-corrected chi connectivity index (χ1v) is 8.70. The third-order valence-electron chi connectivity index (χ3n) is 4.88. The Hall–Kier alpha value is -1.92. The van der Waals surface area contributed by atoms with E-state index in [9.17, 15) is 0 Å². The van der Waals surface area contributed by atoms with Crippen LogP contribution in [0.25, 0.3) is 0 Å². The number of fused-ring (bicyclic) bond motifs is 1. The van der Waals surface area contributed by atoms with Gasteiger partial charge >= 0.3 is 6.01 Å². The van der Waals surface area contributed by atoms with E-state index in [-0.39, 0.29) is 6.10 Å². The fourth-order valence-corrected chi connectivity index (χ4v) is 3.62. The van der Waals surface area contributed by atoms with E-state index in [1.54, 1.807) is 6.20 Å². The number of ether oxygens (including phenoxy) is 2. The predicted molar refractivity (Wildman–Crippen MR) is 89.9 cm³/mol. The topological polar surface area (TPSA) is 52.4 Å². The van der Waals surface area contributed by atoms with E-state index in [4.69, 9.17) is 9.47 Å². The molecule has 0 unspecified atom stereocenters. The molecule has 1 atom stereocenters. The van der Waals surface area contributed by atoms with Crippen molar-refractivity contribution >= 4 is 0 Å². The van der Waals surface area contributed by atoms with Crippen molar-refractivity contribution in [2.45, 2.75) is 45.0 Å². The summed E-state index contributed by atoms with van der Waals surface area (Å²) in [6.07, 6.45) is 6.12. The lowest BCUT2D eigenvalue weighted by Crippen LogP contribution is -2.43. The van der Waals surface area contributed by atoms with E-state index in [2.05, 4.69) is 37.8 Å². The zero-order chi connectivity index (χ0) is 16.4. The van der Waals surface area contributed by atoms with E-state index in [1.807, 2.05) is 13.0 Å². The van der Waals surface area contributed by atoms with Crippen molar-refractivity contribution < 1.29 is 9.47 Å². The molecule has 2 aliphatic rings. The molecule has 0 amide bonds. The summed E-state index contributed by atoms with van der Waals surface area (Å²) in [6.45, 7) is 6.36. The van der Waals surface area contributed by atoms with Crippen LogP contribution >= 0.6 is 0 Å². The Bertz CT molecular complexity index is 681. The molecule has 4 rings (SSSR count). The lowest BCUT2D eigenvalue weighted by molar-refractivity contribution is 0.0159. The van der Waals surface area contributed by atoms with Gasteiger partial charge in [0, 0.05) is 56.1 Å². The summed E-state index contributed by atoms with van der Waals surface area (Å²) >= 11 is 0. The van der Waals surface area contributed by atoms with E-state index in [0.29, 0.717) is 12.1 Å². The highest BCUT2D eigenvalue weighted by Crippen LogP contribution is 2.22. The van der Waals surface area contributed by atoms with Crippen molar-refractivity contribution in [3.05, 3.63) is 42.0 Å².